The monoisotopic (exact) mass is 580 g/mol. The van der Waals surface area contributed by atoms with E-state index in [1.165, 1.54) is 6.07 Å². The summed E-state index contributed by atoms with van der Waals surface area (Å²) in [5.74, 6) is -1.68. The maximum Gasteiger partial charge on any atom is 0.330 e. The van der Waals surface area contributed by atoms with Crippen LogP contribution in [-0.2, 0) is 19.2 Å². The predicted molar refractivity (Wildman–Crippen MR) is 150 cm³/mol. The number of carbonyl (C=O) groups is 3. The van der Waals surface area contributed by atoms with Crippen LogP contribution in [0.1, 0.15) is 24.9 Å². The molecule has 2 amide bonds. The number of hydrogen-bond donors (Lipinski definition) is 1. The number of para-hydroxylation sites is 1. The first kappa shape index (κ1) is 26.7. The SMILES string of the molecule is C[C@H]1C[C@H](C(=O)Oc2ccc([C@@H]3[C@H]4C(=O)N(c5ccc(Cl)c(Cl)c5)C(=O)[C@H]4ON3c3ccccc3)cc2)N(C)N1. The molecule has 40 heavy (non-hydrogen) atoms. The van der Waals surface area contributed by atoms with Crippen molar-refractivity contribution in [1.82, 2.24) is 10.4 Å². The van der Waals surface area contributed by atoms with Gasteiger partial charge in [0, 0.05) is 13.1 Å². The van der Waals surface area contributed by atoms with E-state index in [2.05, 4.69) is 5.43 Å². The van der Waals surface area contributed by atoms with Crippen LogP contribution in [-0.4, -0.2) is 48.0 Å². The van der Waals surface area contributed by atoms with Crippen molar-refractivity contribution in [3.63, 3.8) is 0 Å². The predicted octanol–water partition coefficient (Wildman–Crippen LogP) is 4.55. The van der Waals surface area contributed by atoms with Gasteiger partial charge in [0.25, 0.3) is 5.91 Å². The minimum absolute atomic E-state index is 0.180. The molecule has 0 unspecified atom stereocenters. The molecule has 3 aromatic rings. The van der Waals surface area contributed by atoms with Gasteiger partial charge in [0.05, 0.1) is 27.5 Å². The van der Waals surface area contributed by atoms with Crippen LogP contribution in [0.15, 0.2) is 72.8 Å². The zero-order chi connectivity index (χ0) is 28.1. The molecule has 9 nitrogen and oxygen atoms in total. The lowest BCUT2D eigenvalue weighted by atomic mass is 9.90. The summed E-state index contributed by atoms with van der Waals surface area (Å²) in [6.07, 6.45) is -0.384. The van der Waals surface area contributed by atoms with Gasteiger partial charge in [-0.05, 0) is 61.4 Å². The molecule has 3 aliphatic rings. The first-order chi connectivity index (χ1) is 19.2. The van der Waals surface area contributed by atoms with Crippen LogP contribution in [0, 0.1) is 5.92 Å². The smallest absolute Gasteiger partial charge is 0.330 e. The first-order valence-corrected chi connectivity index (χ1v) is 13.6. The number of fused-ring (bicyclic) bond motifs is 1. The van der Waals surface area contributed by atoms with Crippen molar-refractivity contribution in [2.45, 2.75) is 37.6 Å². The van der Waals surface area contributed by atoms with Gasteiger partial charge in [0.15, 0.2) is 6.10 Å². The van der Waals surface area contributed by atoms with E-state index in [4.69, 9.17) is 32.8 Å². The maximum atomic E-state index is 13.8. The average Bonchev–Trinajstić information content (AvgIpc) is 3.58. The molecule has 0 aliphatic carbocycles. The fraction of sp³-hybridized carbons (Fsp3) is 0.276. The summed E-state index contributed by atoms with van der Waals surface area (Å²) < 4.78 is 5.65. The molecule has 3 aliphatic heterocycles. The summed E-state index contributed by atoms with van der Waals surface area (Å²) in [6, 6.07) is 20.0. The van der Waals surface area contributed by atoms with Crippen molar-refractivity contribution in [3.8, 4) is 5.75 Å². The van der Waals surface area contributed by atoms with E-state index in [-0.39, 0.29) is 23.1 Å². The number of hydrazine groups is 1. The second-order valence-electron chi connectivity index (χ2n) is 10.2. The lowest BCUT2D eigenvalue weighted by Gasteiger charge is -2.29. The van der Waals surface area contributed by atoms with Crippen molar-refractivity contribution >= 4 is 52.4 Å². The average molecular weight is 581 g/mol. The van der Waals surface area contributed by atoms with E-state index in [1.807, 2.05) is 44.3 Å². The summed E-state index contributed by atoms with van der Waals surface area (Å²) in [6.45, 7) is 2.01. The molecule has 0 spiro atoms. The number of esters is 1. The molecule has 3 fully saturated rings. The number of hydrogen-bond acceptors (Lipinski definition) is 8. The van der Waals surface area contributed by atoms with Gasteiger partial charge in [-0.2, -0.15) is 0 Å². The first-order valence-electron chi connectivity index (χ1n) is 12.9. The molecule has 3 aromatic carbocycles. The highest BCUT2D eigenvalue weighted by molar-refractivity contribution is 6.42. The molecule has 3 saturated heterocycles. The van der Waals surface area contributed by atoms with Crippen molar-refractivity contribution in [1.29, 1.82) is 0 Å². The van der Waals surface area contributed by atoms with Crippen LogP contribution in [0.2, 0.25) is 10.0 Å². The molecule has 206 valence electrons. The highest BCUT2D eigenvalue weighted by Crippen LogP contribution is 2.48. The van der Waals surface area contributed by atoms with Gasteiger partial charge in [-0.3, -0.25) is 19.9 Å². The van der Waals surface area contributed by atoms with Crippen LogP contribution >= 0.6 is 23.2 Å². The summed E-state index contributed by atoms with van der Waals surface area (Å²) in [4.78, 5) is 47.4. The molecule has 0 bridgehead atoms. The Morgan fingerprint density at radius 2 is 1.68 bits per heavy atom. The third-order valence-corrected chi connectivity index (χ3v) is 8.21. The minimum atomic E-state index is -1.03. The normalized spacial score (nSPS) is 26.4. The summed E-state index contributed by atoms with van der Waals surface area (Å²) in [5.41, 5.74) is 4.94. The van der Waals surface area contributed by atoms with E-state index >= 15 is 0 Å². The van der Waals surface area contributed by atoms with Crippen molar-refractivity contribution in [2.24, 2.45) is 5.92 Å². The Balaban J connectivity index is 1.30. The lowest BCUT2D eigenvalue weighted by molar-refractivity contribution is -0.139. The number of benzene rings is 3. The molecule has 0 radical (unpaired) electrons. The highest BCUT2D eigenvalue weighted by Gasteiger charge is 2.60. The van der Waals surface area contributed by atoms with E-state index in [1.54, 1.807) is 46.5 Å². The van der Waals surface area contributed by atoms with Gasteiger partial charge in [-0.25, -0.2) is 19.8 Å². The second-order valence-corrected chi connectivity index (χ2v) is 11.0. The molecule has 3 heterocycles. The van der Waals surface area contributed by atoms with Gasteiger partial charge in [0.2, 0.25) is 5.91 Å². The third-order valence-electron chi connectivity index (χ3n) is 7.47. The van der Waals surface area contributed by atoms with E-state index in [0.717, 1.165) is 10.5 Å². The third kappa shape index (κ3) is 4.63. The molecule has 11 heteroatoms. The largest absolute Gasteiger partial charge is 0.425 e. The molecule has 6 rings (SSSR count). The summed E-state index contributed by atoms with van der Waals surface area (Å²) in [5, 5.41) is 3.93. The fourth-order valence-corrected chi connectivity index (χ4v) is 5.88. The van der Waals surface area contributed by atoms with Crippen molar-refractivity contribution < 1.29 is 24.0 Å². The van der Waals surface area contributed by atoms with Crippen LogP contribution < -0.4 is 20.1 Å². The van der Waals surface area contributed by atoms with Gasteiger partial charge < -0.3 is 4.74 Å². The Bertz CT molecular complexity index is 1470. The number of imide groups is 1. The number of amides is 2. The number of carbonyl (C=O) groups excluding carboxylic acids is 3. The molecule has 0 aromatic heterocycles. The Kier molecular flexibility index (Phi) is 7.02. The molecular formula is C29H26Cl2N4O5. The van der Waals surface area contributed by atoms with Gasteiger partial charge >= 0.3 is 5.97 Å². The van der Waals surface area contributed by atoms with Crippen molar-refractivity contribution in [3.05, 3.63) is 88.4 Å². The Morgan fingerprint density at radius 1 is 0.950 bits per heavy atom. The molecular weight excluding hydrogens is 555 g/mol. The number of ether oxygens (including phenoxy) is 1. The van der Waals surface area contributed by atoms with Crippen LogP contribution in [0.3, 0.4) is 0 Å². The molecule has 1 N–H and O–H groups in total. The maximum absolute atomic E-state index is 13.8. The van der Waals surface area contributed by atoms with Gasteiger partial charge in [-0.15, -0.1) is 0 Å². The highest BCUT2D eigenvalue weighted by atomic mass is 35.5. The fourth-order valence-electron chi connectivity index (χ4n) is 5.59. The zero-order valence-electron chi connectivity index (χ0n) is 21.7. The van der Waals surface area contributed by atoms with Crippen LogP contribution in [0.4, 0.5) is 11.4 Å². The van der Waals surface area contributed by atoms with E-state index < -0.39 is 29.9 Å². The standard InChI is InChI=1S/C29H26Cl2N4O5/c1-16-14-23(33(2)32-16)29(38)39-20-11-8-17(9-12-20)25-24-26(40-35(25)18-6-4-3-5-7-18)28(37)34(27(24)36)19-10-13-21(30)22(31)15-19/h3-13,15-16,23-26,32H,14H2,1-2H3/t16-,23+,24+,25+,26-/m0/s1. The van der Waals surface area contributed by atoms with Crippen LogP contribution in [0.5, 0.6) is 5.75 Å². The Labute approximate surface area is 241 Å². The number of nitrogens with one attached hydrogen (secondary N) is 1. The summed E-state index contributed by atoms with van der Waals surface area (Å²) in [7, 11) is 1.81. The molecule has 5 atom stereocenters. The second kappa shape index (κ2) is 10.5. The lowest BCUT2D eigenvalue weighted by Crippen LogP contribution is -2.41. The van der Waals surface area contributed by atoms with E-state index in [9.17, 15) is 14.4 Å². The number of hydroxylamine groups is 1. The van der Waals surface area contributed by atoms with Gasteiger partial charge in [0.1, 0.15) is 17.7 Å². The number of nitrogens with zero attached hydrogens (tertiary/aromatic N) is 3. The number of halogens is 2. The number of rotatable bonds is 5. The minimum Gasteiger partial charge on any atom is -0.425 e. The Hall–Kier alpha value is -3.47. The Morgan fingerprint density at radius 3 is 2.33 bits per heavy atom. The summed E-state index contributed by atoms with van der Waals surface area (Å²) >= 11 is 12.2. The quantitative estimate of drug-likeness (QED) is 0.267. The zero-order valence-corrected chi connectivity index (χ0v) is 23.2. The van der Waals surface area contributed by atoms with Crippen LogP contribution in [0.25, 0.3) is 0 Å². The number of anilines is 2. The van der Waals surface area contributed by atoms with E-state index in [0.29, 0.717) is 28.6 Å². The topological polar surface area (TPSA) is 91.4 Å². The van der Waals surface area contributed by atoms with Gasteiger partial charge in [-0.1, -0.05) is 53.5 Å². The number of likely N-dealkylation sites (N-methyl/N-ethyl adjacent to an activating group) is 1. The van der Waals surface area contributed by atoms with Crippen molar-refractivity contribution in [2.75, 3.05) is 17.0 Å². The molecule has 0 saturated carbocycles.